The summed E-state index contributed by atoms with van der Waals surface area (Å²) in [6.07, 6.45) is -3.49. The Labute approximate surface area is 201 Å². The summed E-state index contributed by atoms with van der Waals surface area (Å²) >= 11 is 15.3. The Morgan fingerprint density at radius 2 is 1.75 bits per heavy atom. The fraction of sp³-hybridized carbons (Fsp3) is 0.550. The number of hydrogen-bond acceptors (Lipinski definition) is 5. The summed E-state index contributed by atoms with van der Waals surface area (Å²) in [5, 5.41) is -0.154. The van der Waals surface area contributed by atoms with Crippen LogP contribution in [0.15, 0.2) is 10.5 Å². The molecule has 2 saturated heterocycles. The molecule has 2 aliphatic rings. The van der Waals surface area contributed by atoms with Crippen LogP contribution in [0.4, 0.5) is 23.8 Å². The van der Waals surface area contributed by atoms with Gasteiger partial charge in [-0.15, -0.1) is 0 Å². The van der Waals surface area contributed by atoms with Gasteiger partial charge >= 0.3 is 12.3 Å². The van der Waals surface area contributed by atoms with Crippen molar-refractivity contribution in [2.75, 3.05) is 18.0 Å². The Balaban J connectivity index is 1.74. The van der Waals surface area contributed by atoms with Crippen LogP contribution in [0.2, 0.25) is 10.3 Å². The maximum atomic E-state index is 13.6. The normalized spacial score (nSPS) is 21.4. The van der Waals surface area contributed by atoms with Gasteiger partial charge in [-0.3, -0.25) is 4.90 Å². The van der Waals surface area contributed by atoms with Gasteiger partial charge in [0.2, 0.25) is 5.28 Å². The van der Waals surface area contributed by atoms with Crippen molar-refractivity contribution >= 4 is 61.9 Å². The largest absolute Gasteiger partial charge is 0.444 e. The fourth-order valence-corrected chi connectivity index (χ4v) is 5.23. The summed E-state index contributed by atoms with van der Waals surface area (Å²) in [6, 6.07) is 0.680. The molecule has 0 unspecified atom stereocenters. The first-order chi connectivity index (χ1) is 14.8. The van der Waals surface area contributed by atoms with E-state index in [0.29, 0.717) is 13.1 Å². The first-order valence-electron chi connectivity index (χ1n) is 9.95. The average molecular weight is 556 g/mol. The lowest BCUT2D eigenvalue weighted by Crippen LogP contribution is -2.57. The molecule has 174 valence electrons. The highest BCUT2D eigenvalue weighted by Gasteiger charge is 2.45. The SMILES string of the molecule is CC(C)(C)OC(=O)N1[C@@H]2CC[C@H]1CN(c1nc(Cl)nc3c(Cl)c(Br)c(C(F)(F)F)cc13)C2. The molecular weight excluding hydrogens is 536 g/mol. The van der Waals surface area contributed by atoms with E-state index in [0.717, 1.165) is 18.9 Å². The van der Waals surface area contributed by atoms with Crippen molar-refractivity contribution in [2.24, 2.45) is 0 Å². The summed E-state index contributed by atoms with van der Waals surface area (Å²) < 4.78 is 46.0. The van der Waals surface area contributed by atoms with E-state index in [9.17, 15) is 18.0 Å². The molecule has 1 aromatic carbocycles. The van der Waals surface area contributed by atoms with E-state index in [2.05, 4.69) is 25.9 Å². The summed E-state index contributed by atoms with van der Waals surface area (Å²) in [7, 11) is 0. The second-order valence-electron chi connectivity index (χ2n) is 8.94. The Bertz CT molecular complexity index is 1080. The zero-order valence-corrected chi connectivity index (χ0v) is 20.5. The minimum absolute atomic E-state index is 0.122. The molecule has 1 amide bonds. The molecule has 0 radical (unpaired) electrons. The molecule has 2 fully saturated rings. The smallest absolute Gasteiger partial charge is 0.417 e. The number of ether oxygens (including phenoxy) is 1. The lowest BCUT2D eigenvalue weighted by molar-refractivity contribution is -0.138. The van der Waals surface area contributed by atoms with Crippen LogP contribution in [0.25, 0.3) is 10.9 Å². The molecule has 12 heteroatoms. The van der Waals surface area contributed by atoms with E-state index in [-0.39, 0.29) is 49.7 Å². The highest BCUT2D eigenvalue weighted by molar-refractivity contribution is 9.10. The number of hydrogen-bond donors (Lipinski definition) is 0. The molecular formula is C20H20BrCl2F3N4O2. The molecule has 2 atom stereocenters. The van der Waals surface area contributed by atoms with Gasteiger partial charge in [-0.05, 0) is 67.2 Å². The number of halogens is 6. The van der Waals surface area contributed by atoms with E-state index >= 15 is 0 Å². The third kappa shape index (κ3) is 4.33. The van der Waals surface area contributed by atoms with E-state index in [4.69, 9.17) is 27.9 Å². The highest BCUT2D eigenvalue weighted by Crippen LogP contribution is 2.44. The Hall–Kier alpha value is -1.52. The van der Waals surface area contributed by atoms with Crippen LogP contribution in [0.3, 0.4) is 0 Å². The maximum absolute atomic E-state index is 13.6. The molecule has 0 spiro atoms. The van der Waals surface area contributed by atoms with Crippen LogP contribution in [-0.2, 0) is 10.9 Å². The van der Waals surface area contributed by atoms with Crippen LogP contribution in [-0.4, -0.2) is 51.7 Å². The van der Waals surface area contributed by atoms with Crippen LogP contribution in [0.1, 0.15) is 39.2 Å². The molecule has 2 bridgehead atoms. The minimum atomic E-state index is -4.62. The number of amides is 1. The Kier molecular flexibility index (Phi) is 5.95. The van der Waals surface area contributed by atoms with Crippen molar-refractivity contribution in [2.45, 2.75) is 57.5 Å². The average Bonchev–Trinajstić information content (AvgIpc) is 2.92. The number of piperazine rings is 1. The number of anilines is 1. The molecule has 0 aliphatic carbocycles. The minimum Gasteiger partial charge on any atom is -0.444 e. The lowest BCUT2D eigenvalue weighted by Gasteiger charge is -2.42. The summed E-state index contributed by atoms with van der Waals surface area (Å²) in [4.78, 5) is 24.6. The monoisotopic (exact) mass is 554 g/mol. The Morgan fingerprint density at radius 3 is 2.28 bits per heavy atom. The third-order valence-corrected chi connectivity index (χ3v) is 7.10. The molecule has 1 aromatic heterocycles. The number of fused-ring (bicyclic) bond motifs is 3. The molecule has 0 saturated carbocycles. The third-order valence-electron chi connectivity index (χ3n) is 5.52. The Morgan fingerprint density at radius 1 is 1.16 bits per heavy atom. The van der Waals surface area contributed by atoms with Gasteiger partial charge in [-0.25, -0.2) is 9.78 Å². The first kappa shape index (κ1) is 23.6. The first-order valence-corrected chi connectivity index (χ1v) is 11.5. The van der Waals surface area contributed by atoms with Crippen LogP contribution in [0.5, 0.6) is 0 Å². The van der Waals surface area contributed by atoms with Gasteiger partial charge in [-0.2, -0.15) is 18.2 Å². The lowest BCUT2D eigenvalue weighted by atomic mass is 10.1. The molecule has 6 nitrogen and oxygen atoms in total. The van der Waals surface area contributed by atoms with E-state index in [1.807, 2.05) is 4.90 Å². The molecule has 32 heavy (non-hydrogen) atoms. The van der Waals surface area contributed by atoms with E-state index in [1.165, 1.54) is 0 Å². The molecule has 2 aromatic rings. The van der Waals surface area contributed by atoms with Gasteiger partial charge < -0.3 is 9.64 Å². The summed E-state index contributed by atoms with van der Waals surface area (Å²) in [5.41, 5.74) is -1.41. The van der Waals surface area contributed by atoms with Crippen LogP contribution < -0.4 is 4.90 Å². The predicted octanol–water partition coefficient (Wildman–Crippen LogP) is 6.31. The second kappa shape index (κ2) is 8.06. The van der Waals surface area contributed by atoms with Crippen molar-refractivity contribution in [3.8, 4) is 0 Å². The van der Waals surface area contributed by atoms with Crippen molar-refractivity contribution in [1.29, 1.82) is 0 Å². The number of carbonyl (C=O) groups is 1. The number of carbonyl (C=O) groups excluding carboxylic acids is 1. The van der Waals surface area contributed by atoms with Crippen LogP contribution in [0, 0.1) is 0 Å². The number of rotatable bonds is 1. The van der Waals surface area contributed by atoms with Gasteiger partial charge in [-0.1, -0.05) is 11.6 Å². The number of alkyl halides is 3. The van der Waals surface area contributed by atoms with Gasteiger partial charge in [0.15, 0.2) is 0 Å². The van der Waals surface area contributed by atoms with Gasteiger partial charge in [0, 0.05) is 18.5 Å². The van der Waals surface area contributed by atoms with E-state index < -0.39 is 17.3 Å². The summed E-state index contributed by atoms with van der Waals surface area (Å²) in [6.45, 7) is 6.18. The zero-order valence-electron chi connectivity index (χ0n) is 17.4. The van der Waals surface area contributed by atoms with Crippen molar-refractivity contribution in [3.63, 3.8) is 0 Å². The van der Waals surface area contributed by atoms with Gasteiger partial charge in [0.05, 0.1) is 32.7 Å². The summed E-state index contributed by atoms with van der Waals surface area (Å²) in [5.74, 6) is 0.264. The maximum Gasteiger partial charge on any atom is 0.417 e. The van der Waals surface area contributed by atoms with Gasteiger partial charge in [0.1, 0.15) is 11.4 Å². The number of benzene rings is 1. The highest BCUT2D eigenvalue weighted by atomic mass is 79.9. The molecule has 4 rings (SSSR count). The topological polar surface area (TPSA) is 58.6 Å². The number of nitrogens with zero attached hydrogens (tertiary/aromatic N) is 4. The number of aromatic nitrogens is 2. The van der Waals surface area contributed by atoms with Crippen LogP contribution >= 0.6 is 39.1 Å². The van der Waals surface area contributed by atoms with Crippen molar-refractivity contribution in [1.82, 2.24) is 14.9 Å². The van der Waals surface area contributed by atoms with Crippen molar-refractivity contribution < 1.29 is 22.7 Å². The van der Waals surface area contributed by atoms with E-state index in [1.54, 1.807) is 25.7 Å². The fourth-order valence-electron chi connectivity index (χ4n) is 4.30. The molecule has 2 aliphatic heterocycles. The van der Waals surface area contributed by atoms with Crippen molar-refractivity contribution in [3.05, 3.63) is 26.4 Å². The quantitative estimate of drug-likeness (QED) is 0.386. The van der Waals surface area contributed by atoms with Gasteiger partial charge in [0.25, 0.3) is 0 Å². The molecule has 0 N–H and O–H groups in total. The second-order valence-corrected chi connectivity index (χ2v) is 10.4. The zero-order chi connectivity index (χ0) is 23.6. The molecule has 3 heterocycles. The standard InChI is InChI=1S/C20H20BrCl2F3N4O2/c1-19(2,3)32-18(31)30-9-4-5-10(30)8-29(7-9)16-11-6-12(20(24,25)26)13(21)14(22)15(11)27-17(23)28-16/h6,9-10H,4-5,7-8H2,1-3H3/t9-,10+. The predicted molar refractivity (Wildman–Crippen MR) is 119 cm³/mol.